The monoisotopic (exact) mass is 447 g/mol. The summed E-state index contributed by atoms with van der Waals surface area (Å²) in [5, 5.41) is 6.43. The van der Waals surface area contributed by atoms with Gasteiger partial charge in [-0.2, -0.15) is 5.10 Å². The van der Waals surface area contributed by atoms with Gasteiger partial charge >= 0.3 is 0 Å². The molecule has 2 aromatic rings. The molecular formula is C22H26ClN3O3S. The summed E-state index contributed by atoms with van der Waals surface area (Å²) in [6.07, 6.45) is 1.02. The number of nitrogens with zero attached hydrogens (tertiary/aromatic N) is 2. The molecule has 0 saturated carbocycles. The van der Waals surface area contributed by atoms with Gasteiger partial charge in [-0.05, 0) is 42.5 Å². The van der Waals surface area contributed by atoms with Crippen molar-refractivity contribution >= 4 is 33.2 Å². The Balaban J connectivity index is 1.59. The highest BCUT2D eigenvalue weighted by Crippen LogP contribution is 2.24. The van der Waals surface area contributed by atoms with Crippen molar-refractivity contribution in [3.8, 4) is 0 Å². The van der Waals surface area contributed by atoms with E-state index < -0.39 is 15.9 Å². The number of nitrogens with one attached hydrogen (secondary N) is 1. The standard InChI is InChI=1S/C22H26ClN3O3S/c1-3-21-19(22(27)26(25-21)14-17-9-5-4-8-16(17)2)12-13-24-30(28,29)15-18-10-6-7-11-20(18)23/h4-11,19,24H,3,12-15H2,1-2H3/t19-/m1/s1. The lowest BCUT2D eigenvalue weighted by atomic mass is 9.97. The van der Waals surface area contributed by atoms with Crippen LogP contribution in [0.4, 0.5) is 0 Å². The van der Waals surface area contributed by atoms with Crippen LogP contribution in [0.3, 0.4) is 0 Å². The van der Waals surface area contributed by atoms with Gasteiger partial charge in [0.25, 0.3) is 5.91 Å². The zero-order chi connectivity index (χ0) is 21.7. The van der Waals surface area contributed by atoms with E-state index in [1.165, 1.54) is 5.01 Å². The molecule has 160 valence electrons. The first kappa shape index (κ1) is 22.5. The van der Waals surface area contributed by atoms with Crippen molar-refractivity contribution in [1.29, 1.82) is 0 Å². The van der Waals surface area contributed by atoms with Gasteiger partial charge in [-0.3, -0.25) is 4.79 Å². The van der Waals surface area contributed by atoms with Gasteiger partial charge < -0.3 is 0 Å². The average Bonchev–Trinajstić information content (AvgIpc) is 3.00. The molecule has 1 amide bonds. The van der Waals surface area contributed by atoms with Crippen molar-refractivity contribution in [2.24, 2.45) is 11.0 Å². The first-order valence-corrected chi connectivity index (χ1v) is 12.0. The Kier molecular flexibility index (Phi) is 7.28. The van der Waals surface area contributed by atoms with E-state index in [0.29, 0.717) is 30.0 Å². The highest BCUT2D eigenvalue weighted by atomic mass is 35.5. The third-order valence-corrected chi connectivity index (χ3v) is 6.91. The van der Waals surface area contributed by atoms with Crippen LogP contribution in [0.25, 0.3) is 0 Å². The second-order valence-corrected chi connectivity index (χ2v) is 9.57. The number of halogens is 1. The third-order valence-electron chi connectivity index (χ3n) is 5.21. The van der Waals surface area contributed by atoms with Crippen molar-refractivity contribution in [1.82, 2.24) is 9.73 Å². The molecule has 0 radical (unpaired) electrons. The van der Waals surface area contributed by atoms with E-state index in [1.54, 1.807) is 24.3 Å². The van der Waals surface area contributed by atoms with Gasteiger partial charge in [-0.1, -0.05) is 61.0 Å². The molecule has 1 aliphatic rings. The lowest BCUT2D eigenvalue weighted by molar-refractivity contribution is -0.132. The van der Waals surface area contributed by atoms with E-state index in [4.69, 9.17) is 11.6 Å². The molecule has 8 heteroatoms. The van der Waals surface area contributed by atoms with Crippen LogP contribution in [0.15, 0.2) is 53.6 Å². The summed E-state index contributed by atoms with van der Waals surface area (Å²) < 4.78 is 27.4. The molecule has 0 bridgehead atoms. The van der Waals surface area contributed by atoms with Crippen molar-refractivity contribution in [2.75, 3.05) is 6.54 Å². The Morgan fingerprint density at radius 1 is 1.10 bits per heavy atom. The number of benzene rings is 2. The van der Waals surface area contributed by atoms with Gasteiger partial charge in [0.05, 0.1) is 23.9 Å². The molecule has 6 nitrogen and oxygen atoms in total. The minimum absolute atomic E-state index is 0.0830. The topological polar surface area (TPSA) is 78.8 Å². The number of hydrogen-bond donors (Lipinski definition) is 1. The second-order valence-electron chi connectivity index (χ2n) is 7.35. The predicted octanol–water partition coefficient (Wildman–Crippen LogP) is 3.88. The minimum Gasteiger partial charge on any atom is -0.272 e. The molecule has 0 saturated heterocycles. The highest BCUT2D eigenvalue weighted by Gasteiger charge is 2.34. The SMILES string of the molecule is CCC1=NN(Cc2ccccc2C)C(=O)[C@@H]1CCNS(=O)(=O)Cc1ccccc1Cl. The smallest absolute Gasteiger partial charge is 0.251 e. The number of carbonyl (C=O) groups excluding carboxylic acids is 1. The van der Waals surface area contributed by atoms with Crippen molar-refractivity contribution < 1.29 is 13.2 Å². The third kappa shape index (κ3) is 5.47. The Labute approximate surface area is 183 Å². The van der Waals surface area contributed by atoms with Crippen LogP contribution >= 0.6 is 11.6 Å². The number of hydrogen-bond acceptors (Lipinski definition) is 4. The van der Waals surface area contributed by atoms with Crippen molar-refractivity contribution in [2.45, 2.75) is 39.0 Å². The number of carbonyl (C=O) groups is 1. The van der Waals surface area contributed by atoms with Gasteiger partial charge in [0.2, 0.25) is 10.0 Å². The number of hydrazone groups is 1. The second kappa shape index (κ2) is 9.73. The summed E-state index contributed by atoms with van der Waals surface area (Å²) in [5.41, 5.74) is 3.49. The number of amides is 1. The zero-order valence-corrected chi connectivity index (χ0v) is 18.7. The van der Waals surface area contributed by atoms with E-state index in [-0.39, 0.29) is 18.2 Å². The summed E-state index contributed by atoms with van der Waals surface area (Å²) in [6.45, 7) is 4.55. The normalized spacial score (nSPS) is 16.8. The summed E-state index contributed by atoms with van der Waals surface area (Å²) in [7, 11) is -3.56. The molecule has 0 fully saturated rings. The lowest BCUT2D eigenvalue weighted by Gasteiger charge is -2.16. The molecule has 3 rings (SSSR count). The fourth-order valence-corrected chi connectivity index (χ4v) is 4.97. The molecule has 1 N–H and O–H groups in total. The maximum absolute atomic E-state index is 12.9. The fraction of sp³-hybridized carbons (Fsp3) is 0.364. The van der Waals surface area contributed by atoms with Crippen LogP contribution in [-0.2, 0) is 27.1 Å². The zero-order valence-electron chi connectivity index (χ0n) is 17.1. The molecule has 2 aromatic carbocycles. The first-order valence-electron chi connectivity index (χ1n) is 9.94. The van der Waals surface area contributed by atoms with E-state index in [9.17, 15) is 13.2 Å². The number of aryl methyl sites for hydroxylation is 1. The number of rotatable bonds is 9. The van der Waals surface area contributed by atoms with E-state index in [1.807, 2.05) is 38.1 Å². The predicted molar refractivity (Wildman–Crippen MR) is 120 cm³/mol. The lowest BCUT2D eigenvalue weighted by Crippen LogP contribution is -2.32. The van der Waals surface area contributed by atoms with Gasteiger partial charge in [0, 0.05) is 11.6 Å². The summed E-state index contributed by atoms with van der Waals surface area (Å²) in [6, 6.07) is 14.8. The minimum atomic E-state index is -3.56. The first-order chi connectivity index (χ1) is 14.3. The molecule has 0 spiro atoms. The van der Waals surface area contributed by atoms with Gasteiger partial charge in [0.15, 0.2) is 0 Å². The van der Waals surface area contributed by atoms with Crippen LogP contribution in [0, 0.1) is 12.8 Å². The average molecular weight is 448 g/mol. The fourth-order valence-electron chi connectivity index (χ4n) is 3.50. The molecule has 1 aliphatic heterocycles. The van der Waals surface area contributed by atoms with Crippen molar-refractivity contribution in [3.63, 3.8) is 0 Å². The Morgan fingerprint density at radius 3 is 2.43 bits per heavy atom. The van der Waals surface area contributed by atoms with Gasteiger partial charge in [-0.25, -0.2) is 18.1 Å². The van der Waals surface area contributed by atoms with Crippen LogP contribution in [0.1, 0.15) is 36.5 Å². The molecule has 1 heterocycles. The Hall–Kier alpha value is -2.22. The summed E-state index contributed by atoms with van der Waals surface area (Å²) in [5.74, 6) is -0.679. The summed E-state index contributed by atoms with van der Waals surface area (Å²) >= 11 is 6.06. The van der Waals surface area contributed by atoms with Crippen LogP contribution < -0.4 is 4.72 Å². The molecule has 1 atom stereocenters. The van der Waals surface area contributed by atoms with Gasteiger partial charge in [-0.15, -0.1) is 0 Å². The Bertz CT molecular complexity index is 1050. The van der Waals surface area contributed by atoms with E-state index in [2.05, 4.69) is 9.82 Å². The van der Waals surface area contributed by atoms with E-state index >= 15 is 0 Å². The van der Waals surface area contributed by atoms with Crippen molar-refractivity contribution in [3.05, 3.63) is 70.2 Å². The quantitative estimate of drug-likeness (QED) is 0.633. The maximum Gasteiger partial charge on any atom is 0.251 e. The largest absolute Gasteiger partial charge is 0.272 e. The molecule has 0 unspecified atom stereocenters. The van der Waals surface area contributed by atoms with Crippen LogP contribution in [-0.4, -0.2) is 31.6 Å². The van der Waals surface area contributed by atoms with E-state index in [0.717, 1.165) is 16.8 Å². The molecule has 0 aliphatic carbocycles. The van der Waals surface area contributed by atoms with Gasteiger partial charge in [0.1, 0.15) is 0 Å². The number of sulfonamides is 1. The highest BCUT2D eigenvalue weighted by molar-refractivity contribution is 7.88. The maximum atomic E-state index is 12.9. The molecule has 30 heavy (non-hydrogen) atoms. The molecule has 0 aromatic heterocycles. The van der Waals surface area contributed by atoms with Crippen LogP contribution in [0.5, 0.6) is 0 Å². The van der Waals surface area contributed by atoms with Crippen LogP contribution in [0.2, 0.25) is 5.02 Å². The molecular weight excluding hydrogens is 422 g/mol. The summed E-state index contributed by atoms with van der Waals surface area (Å²) in [4.78, 5) is 12.9. The Morgan fingerprint density at radius 2 is 1.77 bits per heavy atom.